The normalized spacial score (nSPS) is 12.9. The van der Waals surface area contributed by atoms with Crippen molar-refractivity contribution >= 4 is 17.5 Å². The predicted octanol–water partition coefficient (Wildman–Crippen LogP) is 1.69. The summed E-state index contributed by atoms with van der Waals surface area (Å²) in [5, 5.41) is 0. The minimum absolute atomic E-state index is 0.183. The average molecular weight is 354 g/mol. The van der Waals surface area contributed by atoms with Gasteiger partial charge >= 0.3 is 0 Å². The first kappa shape index (κ1) is 17.7. The Morgan fingerprint density at radius 3 is 2.88 bits per heavy atom. The topological polar surface area (TPSA) is 83.6 Å². The summed E-state index contributed by atoms with van der Waals surface area (Å²) in [6, 6.07) is 11.3. The Morgan fingerprint density at radius 2 is 2.04 bits per heavy atom. The van der Waals surface area contributed by atoms with Gasteiger partial charge in [0.2, 0.25) is 5.88 Å². The molecule has 0 saturated heterocycles. The number of amides is 2. The molecule has 0 spiro atoms. The molecule has 2 heterocycles. The van der Waals surface area contributed by atoms with Crippen molar-refractivity contribution in [3.05, 3.63) is 53.7 Å². The zero-order valence-corrected chi connectivity index (χ0v) is 14.7. The molecule has 2 amide bonds. The van der Waals surface area contributed by atoms with Crippen LogP contribution in [0.2, 0.25) is 0 Å². The summed E-state index contributed by atoms with van der Waals surface area (Å²) in [6.45, 7) is 3.21. The second kappa shape index (κ2) is 8.33. The van der Waals surface area contributed by atoms with Crippen molar-refractivity contribution in [3.63, 3.8) is 0 Å². The Labute approximate surface area is 152 Å². The zero-order valence-electron chi connectivity index (χ0n) is 14.7. The zero-order chi connectivity index (χ0) is 18.4. The summed E-state index contributed by atoms with van der Waals surface area (Å²) in [4.78, 5) is 30.6. The van der Waals surface area contributed by atoms with E-state index < -0.39 is 5.91 Å². The van der Waals surface area contributed by atoms with Crippen molar-refractivity contribution in [1.82, 2.24) is 15.8 Å². The van der Waals surface area contributed by atoms with Crippen LogP contribution in [0.3, 0.4) is 0 Å². The summed E-state index contributed by atoms with van der Waals surface area (Å²) in [5.41, 5.74) is 7.48. The molecule has 2 aromatic rings. The van der Waals surface area contributed by atoms with Crippen LogP contribution in [0, 0.1) is 0 Å². The smallest absolute Gasteiger partial charge is 0.275 e. The van der Waals surface area contributed by atoms with Gasteiger partial charge < -0.3 is 9.64 Å². The Kier molecular flexibility index (Phi) is 5.68. The molecule has 136 valence electrons. The fourth-order valence-electron chi connectivity index (χ4n) is 3.00. The van der Waals surface area contributed by atoms with E-state index in [0.29, 0.717) is 6.61 Å². The molecule has 0 unspecified atom stereocenters. The number of anilines is 1. The van der Waals surface area contributed by atoms with Crippen LogP contribution in [-0.4, -0.2) is 36.5 Å². The number of aromatic nitrogens is 1. The minimum Gasteiger partial charge on any atom is -0.477 e. The van der Waals surface area contributed by atoms with E-state index in [4.69, 9.17) is 4.74 Å². The third-order valence-electron chi connectivity index (χ3n) is 4.15. The van der Waals surface area contributed by atoms with Crippen molar-refractivity contribution in [1.29, 1.82) is 0 Å². The number of benzene rings is 1. The van der Waals surface area contributed by atoms with Crippen molar-refractivity contribution in [2.45, 2.75) is 19.8 Å². The maximum absolute atomic E-state index is 12.3. The molecule has 0 atom stereocenters. The highest BCUT2D eigenvalue weighted by Gasteiger charge is 2.19. The number of pyridine rings is 1. The van der Waals surface area contributed by atoms with Gasteiger partial charge in [0.15, 0.2) is 0 Å². The van der Waals surface area contributed by atoms with Crippen LogP contribution in [0.25, 0.3) is 0 Å². The molecule has 1 aliphatic heterocycles. The molecule has 1 aromatic carbocycles. The lowest BCUT2D eigenvalue weighted by Gasteiger charge is -2.30. The first-order valence-electron chi connectivity index (χ1n) is 8.69. The maximum atomic E-state index is 12.3. The lowest BCUT2D eigenvalue weighted by Crippen LogP contribution is -2.47. The number of fused-ring (bicyclic) bond motifs is 1. The maximum Gasteiger partial charge on any atom is 0.275 e. The largest absolute Gasteiger partial charge is 0.477 e. The number of hydrogen-bond acceptors (Lipinski definition) is 5. The van der Waals surface area contributed by atoms with Gasteiger partial charge in [0.1, 0.15) is 5.56 Å². The molecule has 2 N–H and O–H groups in total. The Bertz CT molecular complexity index is 794. The summed E-state index contributed by atoms with van der Waals surface area (Å²) in [7, 11) is 0. The molecule has 7 heteroatoms. The third-order valence-corrected chi connectivity index (χ3v) is 4.15. The molecule has 26 heavy (non-hydrogen) atoms. The number of para-hydroxylation sites is 1. The fourth-order valence-corrected chi connectivity index (χ4v) is 3.00. The van der Waals surface area contributed by atoms with E-state index in [1.54, 1.807) is 18.3 Å². The van der Waals surface area contributed by atoms with E-state index in [1.165, 1.54) is 5.56 Å². The summed E-state index contributed by atoms with van der Waals surface area (Å²) >= 11 is 0. The van der Waals surface area contributed by atoms with Crippen molar-refractivity contribution in [2.75, 3.05) is 24.6 Å². The van der Waals surface area contributed by atoms with Crippen LogP contribution in [0.15, 0.2) is 42.6 Å². The lowest BCUT2D eigenvalue weighted by atomic mass is 10.0. The molecule has 0 radical (unpaired) electrons. The number of carbonyl (C=O) groups excluding carboxylic acids is 2. The highest BCUT2D eigenvalue weighted by molar-refractivity contribution is 5.97. The fraction of sp³-hybridized carbons (Fsp3) is 0.316. The molecule has 0 aliphatic carbocycles. The van der Waals surface area contributed by atoms with Gasteiger partial charge in [-0.1, -0.05) is 18.2 Å². The Hall–Kier alpha value is -3.09. The summed E-state index contributed by atoms with van der Waals surface area (Å²) < 4.78 is 5.33. The molecule has 0 saturated carbocycles. The van der Waals surface area contributed by atoms with Gasteiger partial charge in [0, 0.05) is 18.4 Å². The van der Waals surface area contributed by atoms with Crippen LogP contribution >= 0.6 is 0 Å². The Morgan fingerprint density at radius 1 is 1.19 bits per heavy atom. The van der Waals surface area contributed by atoms with Crippen LogP contribution in [0.4, 0.5) is 5.69 Å². The van der Waals surface area contributed by atoms with Gasteiger partial charge in [-0.15, -0.1) is 0 Å². The van der Waals surface area contributed by atoms with E-state index in [1.807, 2.05) is 30.0 Å². The van der Waals surface area contributed by atoms with E-state index in [-0.39, 0.29) is 23.9 Å². The molecular weight excluding hydrogens is 332 g/mol. The first-order chi connectivity index (χ1) is 12.7. The van der Waals surface area contributed by atoms with Gasteiger partial charge in [0.05, 0.1) is 13.2 Å². The number of nitrogens with one attached hydrogen (secondary N) is 2. The number of ether oxygens (including phenoxy) is 1. The van der Waals surface area contributed by atoms with Crippen molar-refractivity contribution in [3.8, 4) is 5.88 Å². The van der Waals surface area contributed by atoms with Gasteiger partial charge in [-0.3, -0.25) is 20.4 Å². The predicted molar refractivity (Wildman–Crippen MR) is 98.0 cm³/mol. The molecule has 0 bridgehead atoms. The van der Waals surface area contributed by atoms with Gasteiger partial charge in [-0.25, -0.2) is 4.98 Å². The molecule has 1 aromatic heterocycles. The van der Waals surface area contributed by atoms with E-state index in [2.05, 4.69) is 21.9 Å². The highest BCUT2D eigenvalue weighted by atomic mass is 16.5. The van der Waals surface area contributed by atoms with Crippen LogP contribution in [0.5, 0.6) is 5.88 Å². The van der Waals surface area contributed by atoms with Crippen LogP contribution in [0.1, 0.15) is 29.3 Å². The van der Waals surface area contributed by atoms with Crippen LogP contribution < -0.4 is 20.5 Å². The number of hydrazine groups is 1. The van der Waals surface area contributed by atoms with E-state index in [0.717, 1.165) is 25.1 Å². The summed E-state index contributed by atoms with van der Waals surface area (Å²) in [6.07, 6.45) is 3.57. The monoisotopic (exact) mass is 354 g/mol. The molecule has 3 rings (SSSR count). The van der Waals surface area contributed by atoms with Gasteiger partial charge in [-0.05, 0) is 43.5 Å². The standard InChI is InChI=1S/C19H22N4O3/c1-2-26-19-15(9-5-11-20-19)18(25)22-21-17(24)13-23-12-6-8-14-7-3-4-10-16(14)23/h3-5,7,9-11H,2,6,8,12-13H2,1H3,(H,21,24)(H,22,25). The SMILES string of the molecule is CCOc1ncccc1C(=O)NNC(=O)CN1CCCc2ccccc21. The minimum atomic E-state index is -0.464. The van der Waals surface area contributed by atoms with Gasteiger partial charge in [-0.2, -0.15) is 0 Å². The van der Waals surface area contributed by atoms with E-state index in [9.17, 15) is 9.59 Å². The number of hydrogen-bond donors (Lipinski definition) is 2. The average Bonchev–Trinajstić information content (AvgIpc) is 2.67. The van der Waals surface area contributed by atoms with Crippen molar-refractivity contribution in [2.24, 2.45) is 0 Å². The molecule has 7 nitrogen and oxygen atoms in total. The van der Waals surface area contributed by atoms with E-state index >= 15 is 0 Å². The van der Waals surface area contributed by atoms with Gasteiger partial charge in [0.25, 0.3) is 11.8 Å². The quantitative estimate of drug-likeness (QED) is 0.799. The summed E-state index contributed by atoms with van der Waals surface area (Å²) in [5.74, 6) is -0.502. The van der Waals surface area contributed by atoms with Crippen LogP contribution in [-0.2, 0) is 11.2 Å². The highest BCUT2D eigenvalue weighted by Crippen LogP contribution is 2.26. The first-order valence-corrected chi connectivity index (χ1v) is 8.69. The third kappa shape index (κ3) is 4.11. The second-order valence-electron chi connectivity index (χ2n) is 5.95. The number of nitrogens with zero attached hydrogens (tertiary/aromatic N) is 2. The Balaban J connectivity index is 1.58. The number of rotatable bonds is 5. The molecule has 0 fully saturated rings. The number of aryl methyl sites for hydroxylation is 1. The lowest BCUT2D eigenvalue weighted by molar-refractivity contribution is -0.120. The number of carbonyl (C=O) groups is 2. The molecule has 1 aliphatic rings. The second-order valence-corrected chi connectivity index (χ2v) is 5.95. The molecular formula is C19H22N4O3. The van der Waals surface area contributed by atoms with Crippen molar-refractivity contribution < 1.29 is 14.3 Å².